The van der Waals surface area contributed by atoms with Crippen LogP contribution in [0.2, 0.25) is 0 Å². The van der Waals surface area contributed by atoms with Crippen molar-refractivity contribution < 1.29 is 4.74 Å². The largest absolute Gasteiger partial charge is 0.494 e. The molecule has 1 aliphatic rings. The van der Waals surface area contributed by atoms with Gasteiger partial charge in [-0.1, -0.05) is 6.08 Å². The predicted octanol–water partition coefficient (Wildman–Crippen LogP) is 4.97. The smallest absolute Gasteiger partial charge is 0.146 e. The summed E-state index contributed by atoms with van der Waals surface area (Å²) in [6.07, 6.45) is 5.33. The van der Waals surface area contributed by atoms with Crippen molar-refractivity contribution in [1.29, 1.82) is 0 Å². The number of thiazole rings is 1. The molecular formula is C22H23ClN4OS. The second kappa shape index (κ2) is 7.78. The predicted molar refractivity (Wildman–Crippen MR) is 123 cm³/mol. The summed E-state index contributed by atoms with van der Waals surface area (Å²) in [4.78, 5) is 4.90. The van der Waals surface area contributed by atoms with Gasteiger partial charge in [-0.2, -0.15) is 5.10 Å². The molecule has 0 fully saturated rings. The van der Waals surface area contributed by atoms with Crippen LogP contribution in [0.15, 0.2) is 36.5 Å². The Hall–Kier alpha value is -2.41. The Morgan fingerprint density at radius 2 is 1.97 bits per heavy atom. The van der Waals surface area contributed by atoms with Gasteiger partial charge in [0.15, 0.2) is 0 Å². The first-order valence-electron chi connectivity index (χ1n) is 9.45. The van der Waals surface area contributed by atoms with Gasteiger partial charge in [0.1, 0.15) is 16.3 Å². The van der Waals surface area contributed by atoms with Gasteiger partial charge < -0.3 is 10.1 Å². The molecule has 0 unspecified atom stereocenters. The van der Waals surface area contributed by atoms with Gasteiger partial charge >= 0.3 is 0 Å². The summed E-state index contributed by atoms with van der Waals surface area (Å²) in [6, 6.07) is 8.73. The Balaban J connectivity index is 0.00000205. The summed E-state index contributed by atoms with van der Waals surface area (Å²) in [5, 5.41) is 10.2. The molecule has 2 aromatic heterocycles. The number of hydrogen-bond acceptors (Lipinski definition) is 5. The van der Waals surface area contributed by atoms with Crippen molar-refractivity contribution >= 4 is 50.4 Å². The van der Waals surface area contributed by atoms with E-state index in [0.29, 0.717) is 0 Å². The molecule has 29 heavy (non-hydrogen) atoms. The van der Waals surface area contributed by atoms with E-state index >= 15 is 0 Å². The number of nitrogens with one attached hydrogen (secondary N) is 1. The quantitative estimate of drug-likeness (QED) is 0.502. The molecule has 3 heterocycles. The number of aromatic nitrogens is 3. The molecule has 0 bridgehead atoms. The molecular weight excluding hydrogens is 404 g/mol. The van der Waals surface area contributed by atoms with Crippen molar-refractivity contribution in [3.05, 3.63) is 47.1 Å². The maximum absolute atomic E-state index is 5.71. The van der Waals surface area contributed by atoms with Crippen LogP contribution in [0.25, 0.3) is 37.8 Å². The van der Waals surface area contributed by atoms with Gasteiger partial charge in [0.25, 0.3) is 0 Å². The van der Waals surface area contributed by atoms with E-state index in [1.165, 1.54) is 16.7 Å². The topological polar surface area (TPSA) is 52.0 Å². The Bertz CT molecular complexity index is 1240. The van der Waals surface area contributed by atoms with E-state index in [9.17, 15) is 0 Å². The number of rotatable bonds is 3. The first kappa shape index (κ1) is 19.9. The van der Waals surface area contributed by atoms with Crippen molar-refractivity contribution in [3.63, 3.8) is 0 Å². The van der Waals surface area contributed by atoms with Crippen LogP contribution in [-0.4, -0.2) is 35.0 Å². The average Bonchev–Trinajstić information content (AvgIpc) is 3.31. The summed E-state index contributed by atoms with van der Waals surface area (Å²) >= 11 is 1.75. The highest BCUT2D eigenvalue weighted by Crippen LogP contribution is 2.38. The standard InChI is InChI=1S/C22H22N4OS.ClH/c1-13-8-15(9-17-12-26(2)25-20(13)17)16-10-18(27-3)21-19(11-16)28-22(24-21)14-4-6-23-7-5-14;/h4,8-12,23H,5-7H2,1-3H3;1H. The molecule has 0 saturated carbocycles. The van der Waals surface area contributed by atoms with Gasteiger partial charge in [-0.3, -0.25) is 4.68 Å². The number of halogens is 1. The molecule has 0 saturated heterocycles. The minimum absolute atomic E-state index is 0. The number of hydrogen-bond donors (Lipinski definition) is 1. The molecule has 1 N–H and O–H groups in total. The van der Waals surface area contributed by atoms with Crippen molar-refractivity contribution in [1.82, 2.24) is 20.1 Å². The Labute approximate surface area is 179 Å². The van der Waals surface area contributed by atoms with Crippen LogP contribution < -0.4 is 10.1 Å². The van der Waals surface area contributed by atoms with Gasteiger partial charge in [0.2, 0.25) is 0 Å². The number of methoxy groups -OCH3 is 1. The summed E-state index contributed by atoms with van der Waals surface area (Å²) in [7, 11) is 3.68. The highest BCUT2D eigenvalue weighted by Gasteiger charge is 2.16. The highest BCUT2D eigenvalue weighted by atomic mass is 35.5. The molecule has 5 nitrogen and oxygen atoms in total. The molecule has 150 valence electrons. The summed E-state index contributed by atoms with van der Waals surface area (Å²) in [6.45, 7) is 4.04. The van der Waals surface area contributed by atoms with Crippen LogP contribution in [0, 0.1) is 6.92 Å². The fraction of sp³-hybridized carbons (Fsp3) is 0.273. The first-order valence-corrected chi connectivity index (χ1v) is 10.3. The van der Waals surface area contributed by atoms with Crippen LogP contribution in [0.5, 0.6) is 5.75 Å². The van der Waals surface area contributed by atoms with E-state index in [1.807, 2.05) is 11.7 Å². The van der Waals surface area contributed by atoms with E-state index < -0.39 is 0 Å². The minimum Gasteiger partial charge on any atom is -0.494 e. The summed E-state index contributed by atoms with van der Waals surface area (Å²) < 4.78 is 8.74. The minimum atomic E-state index is 0. The van der Waals surface area contributed by atoms with E-state index in [2.05, 4.69) is 53.9 Å². The second-order valence-electron chi connectivity index (χ2n) is 7.26. The van der Waals surface area contributed by atoms with Crippen LogP contribution in [-0.2, 0) is 7.05 Å². The maximum Gasteiger partial charge on any atom is 0.146 e. The van der Waals surface area contributed by atoms with E-state index in [1.54, 1.807) is 18.4 Å². The zero-order chi connectivity index (χ0) is 19.3. The lowest BCUT2D eigenvalue weighted by Crippen LogP contribution is -2.19. The Kier molecular flexibility index (Phi) is 5.34. The first-order chi connectivity index (χ1) is 13.6. The molecule has 5 rings (SSSR count). The molecule has 4 aromatic rings. The molecule has 1 aliphatic heterocycles. The summed E-state index contributed by atoms with van der Waals surface area (Å²) in [5.74, 6) is 0.827. The van der Waals surface area contributed by atoms with E-state index in [0.717, 1.165) is 57.0 Å². The highest BCUT2D eigenvalue weighted by molar-refractivity contribution is 7.19. The van der Waals surface area contributed by atoms with Crippen LogP contribution >= 0.6 is 23.7 Å². The SMILES string of the molecule is COc1cc(-c2cc(C)c3nn(C)cc3c2)cc2sc(C3=CCNCC3)nc12.Cl. The third-order valence-electron chi connectivity index (χ3n) is 5.27. The normalized spacial score (nSPS) is 14.1. The monoisotopic (exact) mass is 426 g/mol. The fourth-order valence-corrected chi connectivity index (χ4v) is 4.96. The fourth-order valence-electron chi connectivity index (χ4n) is 3.87. The number of benzene rings is 2. The average molecular weight is 427 g/mol. The molecule has 2 aromatic carbocycles. The maximum atomic E-state index is 5.71. The van der Waals surface area contributed by atoms with Gasteiger partial charge in [-0.25, -0.2) is 4.98 Å². The van der Waals surface area contributed by atoms with E-state index in [-0.39, 0.29) is 12.4 Å². The van der Waals surface area contributed by atoms with E-state index in [4.69, 9.17) is 9.72 Å². The lowest BCUT2D eigenvalue weighted by atomic mass is 10.0. The molecule has 0 spiro atoms. The summed E-state index contributed by atoms with van der Waals surface area (Å²) in [5.41, 5.74) is 6.83. The number of nitrogens with zero attached hydrogens (tertiary/aromatic N) is 3. The molecule has 7 heteroatoms. The van der Waals surface area contributed by atoms with Crippen LogP contribution in [0.3, 0.4) is 0 Å². The third-order valence-corrected chi connectivity index (χ3v) is 6.34. The lowest BCUT2D eigenvalue weighted by Gasteiger charge is -2.10. The van der Waals surface area contributed by atoms with Crippen molar-refractivity contribution in [2.75, 3.05) is 20.2 Å². The number of fused-ring (bicyclic) bond motifs is 2. The number of aryl methyl sites for hydroxylation is 2. The second-order valence-corrected chi connectivity index (χ2v) is 8.29. The van der Waals surface area contributed by atoms with Gasteiger partial charge in [0.05, 0.1) is 17.3 Å². The van der Waals surface area contributed by atoms with Crippen molar-refractivity contribution in [3.8, 4) is 16.9 Å². The Morgan fingerprint density at radius 3 is 2.72 bits per heavy atom. The van der Waals surface area contributed by atoms with Crippen molar-refractivity contribution in [2.45, 2.75) is 13.3 Å². The zero-order valence-electron chi connectivity index (χ0n) is 16.7. The Morgan fingerprint density at radius 1 is 1.14 bits per heavy atom. The van der Waals surface area contributed by atoms with Crippen molar-refractivity contribution in [2.24, 2.45) is 7.05 Å². The third kappa shape index (κ3) is 3.52. The molecule has 0 aliphatic carbocycles. The van der Waals surface area contributed by atoms with Gasteiger partial charge in [-0.15, -0.1) is 23.7 Å². The zero-order valence-corrected chi connectivity index (χ0v) is 18.3. The molecule has 0 amide bonds. The molecule has 0 radical (unpaired) electrons. The van der Waals surface area contributed by atoms with Gasteiger partial charge in [0, 0.05) is 25.2 Å². The van der Waals surface area contributed by atoms with Gasteiger partial charge in [-0.05, 0) is 66.4 Å². The lowest BCUT2D eigenvalue weighted by molar-refractivity contribution is 0.419. The van der Waals surface area contributed by atoms with Crippen LogP contribution in [0.4, 0.5) is 0 Å². The number of ether oxygens (including phenoxy) is 1. The molecule has 0 atom stereocenters. The van der Waals surface area contributed by atoms with Crippen LogP contribution in [0.1, 0.15) is 17.0 Å².